The Hall–Kier alpha value is -1.86. The third kappa shape index (κ3) is 2.83. The number of hydrogen-bond acceptors (Lipinski definition) is 6. The minimum absolute atomic E-state index is 0.0509. The summed E-state index contributed by atoms with van der Waals surface area (Å²) in [6.07, 6.45) is 0. The van der Waals surface area contributed by atoms with Crippen molar-refractivity contribution in [1.82, 2.24) is 5.06 Å². The van der Waals surface area contributed by atoms with E-state index in [-0.39, 0.29) is 29.1 Å². The lowest BCUT2D eigenvalue weighted by Crippen LogP contribution is -2.53. The smallest absolute Gasteiger partial charge is 0.226 e. The Balaban J connectivity index is 2.17. The third-order valence-corrected chi connectivity index (χ3v) is 3.08. The first-order valence-electron chi connectivity index (χ1n) is 5.87. The molecule has 108 valence electrons. The normalized spacial score (nSPS) is 17.7. The fourth-order valence-electron chi connectivity index (χ4n) is 1.82. The monoisotopic (exact) mass is 299 g/mol. The first-order chi connectivity index (χ1) is 9.31. The van der Waals surface area contributed by atoms with Crippen LogP contribution in [-0.4, -0.2) is 22.6 Å². The maximum absolute atomic E-state index is 13.7. The van der Waals surface area contributed by atoms with Crippen molar-refractivity contribution in [1.29, 1.82) is 0 Å². The highest BCUT2D eigenvalue weighted by molar-refractivity contribution is 6.31. The second-order valence-electron chi connectivity index (χ2n) is 4.70. The zero-order valence-electron chi connectivity index (χ0n) is 11.1. The van der Waals surface area contributed by atoms with Crippen molar-refractivity contribution in [2.45, 2.75) is 26.1 Å². The van der Waals surface area contributed by atoms with E-state index in [4.69, 9.17) is 27.9 Å². The minimum Gasteiger partial charge on any atom is -0.368 e. The lowest BCUT2D eigenvalue weighted by Gasteiger charge is -2.36. The predicted molar refractivity (Wildman–Crippen MR) is 75.4 cm³/mol. The zero-order valence-corrected chi connectivity index (χ0v) is 11.9. The number of halogens is 2. The van der Waals surface area contributed by atoms with Crippen LogP contribution in [0, 0.1) is 5.82 Å². The molecule has 0 atom stereocenters. The van der Waals surface area contributed by atoms with Crippen LogP contribution in [0.4, 0.5) is 4.39 Å². The standard InChI is InChI=1S/C12H15ClFN5O/c1-12(2)18-10(15)17-11(16)19(12)20-6-7-8(13)4-3-5-9(7)14/h3-5H,6H2,1-2H3,(H4,15,16,17,18). The molecule has 0 unspecified atom stereocenters. The maximum Gasteiger partial charge on any atom is 0.226 e. The fourth-order valence-corrected chi connectivity index (χ4v) is 2.03. The van der Waals surface area contributed by atoms with Crippen LogP contribution in [-0.2, 0) is 11.4 Å². The van der Waals surface area contributed by atoms with Crippen molar-refractivity contribution < 1.29 is 9.23 Å². The topological polar surface area (TPSA) is 89.2 Å². The Kier molecular flexibility index (Phi) is 3.82. The van der Waals surface area contributed by atoms with Gasteiger partial charge in [0.1, 0.15) is 12.4 Å². The molecule has 0 spiro atoms. The molecule has 0 saturated carbocycles. The van der Waals surface area contributed by atoms with Crippen LogP contribution >= 0.6 is 11.6 Å². The van der Waals surface area contributed by atoms with Crippen LogP contribution in [0.5, 0.6) is 0 Å². The summed E-state index contributed by atoms with van der Waals surface area (Å²) in [4.78, 5) is 13.4. The van der Waals surface area contributed by atoms with E-state index in [1.54, 1.807) is 19.9 Å². The molecule has 0 amide bonds. The summed E-state index contributed by atoms with van der Waals surface area (Å²) in [5.74, 6) is -0.336. The van der Waals surface area contributed by atoms with E-state index in [0.29, 0.717) is 0 Å². The summed E-state index contributed by atoms with van der Waals surface area (Å²) >= 11 is 5.93. The van der Waals surface area contributed by atoms with Gasteiger partial charge in [-0.3, -0.25) is 4.84 Å². The van der Waals surface area contributed by atoms with Gasteiger partial charge in [0.2, 0.25) is 11.9 Å². The maximum atomic E-state index is 13.7. The van der Waals surface area contributed by atoms with Crippen molar-refractivity contribution in [3.8, 4) is 0 Å². The number of hydroxylamine groups is 2. The molecular formula is C12H15ClFN5O. The van der Waals surface area contributed by atoms with Gasteiger partial charge < -0.3 is 11.5 Å². The molecule has 1 aromatic rings. The Morgan fingerprint density at radius 3 is 2.70 bits per heavy atom. The van der Waals surface area contributed by atoms with Crippen molar-refractivity contribution in [3.05, 3.63) is 34.6 Å². The second kappa shape index (κ2) is 5.26. The van der Waals surface area contributed by atoms with Gasteiger partial charge in [0.05, 0.1) is 0 Å². The highest BCUT2D eigenvalue weighted by atomic mass is 35.5. The summed E-state index contributed by atoms with van der Waals surface area (Å²) < 4.78 is 13.7. The summed E-state index contributed by atoms with van der Waals surface area (Å²) in [5.41, 5.74) is 10.7. The molecule has 0 radical (unpaired) electrons. The van der Waals surface area contributed by atoms with Crippen LogP contribution in [0.15, 0.2) is 28.2 Å². The van der Waals surface area contributed by atoms with E-state index < -0.39 is 11.5 Å². The zero-order chi connectivity index (χ0) is 14.9. The van der Waals surface area contributed by atoms with Crippen LogP contribution in [0.1, 0.15) is 19.4 Å². The summed E-state index contributed by atoms with van der Waals surface area (Å²) in [6.45, 7) is 3.38. The molecule has 2 rings (SSSR count). The van der Waals surface area contributed by atoms with Crippen LogP contribution < -0.4 is 11.5 Å². The van der Waals surface area contributed by atoms with Crippen LogP contribution in [0.25, 0.3) is 0 Å². The summed E-state index contributed by atoms with van der Waals surface area (Å²) in [5, 5.41) is 1.55. The number of nitrogens with zero attached hydrogens (tertiary/aromatic N) is 3. The average molecular weight is 300 g/mol. The molecule has 0 bridgehead atoms. The van der Waals surface area contributed by atoms with E-state index >= 15 is 0 Å². The molecule has 6 nitrogen and oxygen atoms in total. The second-order valence-corrected chi connectivity index (χ2v) is 5.11. The van der Waals surface area contributed by atoms with Crippen molar-refractivity contribution in [2.75, 3.05) is 0 Å². The van der Waals surface area contributed by atoms with Gasteiger partial charge in [-0.1, -0.05) is 17.7 Å². The molecule has 20 heavy (non-hydrogen) atoms. The van der Waals surface area contributed by atoms with Crippen LogP contribution in [0.2, 0.25) is 5.02 Å². The van der Waals surface area contributed by atoms with Gasteiger partial charge in [0.25, 0.3) is 0 Å². The van der Waals surface area contributed by atoms with Gasteiger partial charge in [0, 0.05) is 10.6 Å². The molecule has 0 fully saturated rings. The molecule has 1 aromatic carbocycles. The number of aliphatic imine (C=N–C) groups is 2. The molecule has 1 aliphatic rings. The van der Waals surface area contributed by atoms with Crippen LogP contribution in [0.3, 0.4) is 0 Å². The van der Waals surface area contributed by atoms with E-state index in [2.05, 4.69) is 9.98 Å². The highest BCUT2D eigenvalue weighted by Gasteiger charge is 2.33. The number of nitrogens with two attached hydrogens (primary N) is 2. The predicted octanol–water partition coefficient (Wildman–Crippen LogP) is 1.59. The van der Waals surface area contributed by atoms with Gasteiger partial charge in [-0.15, -0.1) is 0 Å². The average Bonchev–Trinajstić information content (AvgIpc) is 2.30. The molecular weight excluding hydrogens is 285 g/mol. The first-order valence-corrected chi connectivity index (χ1v) is 6.24. The molecule has 0 saturated heterocycles. The number of benzene rings is 1. The largest absolute Gasteiger partial charge is 0.368 e. The van der Waals surface area contributed by atoms with Gasteiger partial charge in [-0.2, -0.15) is 10.1 Å². The number of rotatable bonds is 3. The van der Waals surface area contributed by atoms with Gasteiger partial charge in [0.15, 0.2) is 5.66 Å². The van der Waals surface area contributed by atoms with Gasteiger partial charge >= 0.3 is 0 Å². The van der Waals surface area contributed by atoms with Crippen molar-refractivity contribution in [3.63, 3.8) is 0 Å². The third-order valence-electron chi connectivity index (χ3n) is 2.72. The molecule has 4 N–H and O–H groups in total. The Morgan fingerprint density at radius 1 is 1.40 bits per heavy atom. The van der Waals surface area contributed by atoms with Gasteiger partial charge in [-0.05, 0) is 26.0 Å². The first kappa shape index (κ1) is 14.5. The molecule has 0 aromatic heterocycles. The van der Waals surface area contributed by atoms with E-state index in [9.17, 15) is 4.39 Å². The Morgan fingerprint density at radius 2 is 2.10 bits per heavy atom. The Labute approximate surface area is 120 Å². The van der Waals surface area contributed by atoms with E-state index in [1.165, 1.54) is 17.2 Å². The minimum atomic E-state index is -0.840. The molecule has 1 heterocycles. The Bertz CT molecular complexity index is 567. The molecule has 1 aliphatic heterocycles. The quantitative estimate of drug-likeness (QED) is 0.887. The molecule has 0 aliphatic carbocycles. The lowest BCUT2D eigenvalue weighted by atomic mass is 10.2. The van der Waals surface area contributed by atoms with Crippen molar-refractivity contribution >= 4 is 23.5 Å². The lowest BCUT2D eigenvalue weighted by molar-refractivity contribution is -0.167. The van der Waals surface area contributed by atoms with Gasteiger partial charge in [-0.25, -0.2) is 9.38 Å². The van der Waals surface area contributed by atoms with E-state index in [0.717, 1.165) is 0 Å². The fraction of sp³-hybridized carbons (Fsp3) is 0.333. The van der Waals surface area contributed by atoms with E-state index in [1.807, 2.05) is 0 Å². The summed E-state index contributed by atoms with van der Waals surface area (Å²) in [6, 6.07) is 4.41. The van der Waals surface area contributed by atoms with Crippen molar-refractivity contribution in [2.24, 2.45) is 21.5 Å². The SMILES string of the molecule is CC1(C)N=C(N)N=C(N)N1OCc1c(F)cccc1Cl. The highest BCUT2D eigenvalue weighted by Crippen LogP contribution is 2.24. The number of hydrogen-bond donors (Lipinski definition) is 2. The molecule has 8 heteroatoms. The summed E-state index contributed by atoms with van der Waals surface area (Å²) in [7, 11) is 0. The number of guanidine groups is 2.